The quantitative estimate of drug-likeness (QED) is 0.476. The highest BCUT2D eigenvalue weighted by Crippen LogP contribution is 2.34. The molecule has 0 aliphatic carbocycles. The van der Waals surface area contributed by atoms with Gasteiger partial charge in [0, 0.05) is 17.9 Å². The third-order valence-corrected chi connectivity index (χ3v) is 6.87. The molecule has 0 saturated carbocycles. The summed E-state index contributed by atoms with van der Waals surface area (Å²) in [4.78, 5) is 38.1. The van der Waals surface area contributed by atoms with Gasteiger partial charge >= 0.3 is 11.9 Å². The fourth-order valence-electron chi connectivity index (χ4n) is 3.91. The molecular formula is C20H21N2O7S2-. The summed E-state index contributed by atoms with van der Waals surface area (Å²) in [5.41, 5.74) is -1.43. The number of benzene rings is 1. The van der Waals surface area contributed by atoms with Crippen molar-refractivity contribution in [2.24, 2.45) is 0 Å². The van der Waals surface area contributed by atoms with Crippen LogP contribution in [-0.2, 0) is 31.9 Å². The molecule has 3 atom stereocenters. The minimum absolute atomic E-state index is 0.0137. The van der Waals surface area contributed by atoms with E-state index >= 15 is 0 Å². The molecule has 1 unspecified atom stereocenters. The zero-order chi connectivity index (χ0) is 22.6. The van der Waals surface area contributed by atoms with Crippen molar-refractivity contribution in [3.63, 3.8) is 0 Å². The van der Waals surface area contributed by atoms with Crippen LogP contribution in [0.4, 0.5) is 5.00 Å². The molecule has 1 aromatic carbocycles. The van der Waals surface area contributed by atoms with Crippen LogP contribution >= 0.6 is 11.3 Å². The molecule has 2 heterocycles. The van der Waals surface area contributed by atoms with E-state index in [-0.39, 0.29) is 24.3 Å². The predicted octanol–water partition coefficient (Wildman–Crippen LogP) is 1.93. The Morgan fingerprint density at radius 1 is 1.23 bits per heavy atom. The Kier molecular flexibility index (Phi) is 7.08. The van der Waals surface area contributed by atoms with Gasteiger partial charge in [-0.2, -0.15) is 0 Å². The maximum absolute atomic E-state index is 13.5. The van der Waals surface area contributed by atoms with Crippen molar-refractivity contribution in [3.8, 4) is 0 Å². The van der Waals surface area contributed by atoms with E-state index in [4.69, 9.17) is 0 Å². The summed E-state index contributed by atoms with van der Waals surface area (Å²) in [6.07, 6.45) is -0.327. The van der Waals surface area contributed by atoms with Crippen molar-refractivity contribution in [2.75, 3.05) is 11.9 Å². The van der Waals surface area contributed by atoms with Crippen LogP contribution in [-0.4, -0.2) is 59.8 Å². The zero-order valence-electron chi connectivity index (χ0n) is 16.4. The van der Waals surface area contributed by atoms with Crippen molar-refractivity contribution >= 4 is 45.3 Å². The molecule has 1 amide bonds. The van der Waals surface area contributed by atoms with Crippen LogP contribution in [0.15, 0.2) is 46.7 Å². The molecule has 0 radical (unpaired) electrons. The van der Waals surface area contributed by atoms with Gasteiger partial charge in [0.05, 0.1) is 11.4 Å². The first kappa shape index (κ1) is 22.9. The molecule has 0 bridgehead atoms. The maximum atomic E-state index is 13.5. The molecule has 1 fully saturated rings. The van der Waals surface area contributed by atoms with Crippen molar-refractivity contribution in [1.29, 1.82) is 0 Å². The summed E-state index contributed by atoms with van der Waals surface area (Å²) in [7, 11) is 0. The Balaban J connectivity index is 1.97. The first-order chi connectivity index (χ1) is 14.7. The predicted molar refractivity (Wildman–Crippen MR) is 113 cm³/mol. The summed E-state index contributed by atoms with van der Waals surface area (Å²) in [5.74, 6) is -3.25. The molecule has 166 valence electrons. The lowest BCUT2D eigenvalue weighted by atomic mass is 9.91. The van der Waals surface area contributed by atoms with Gasteiger partial charge in [0.1, 0.15) is 6.04 Å². The second kappa shape index (κ2) is 9.58. The average Bonchev–Trinajstić information content (AvgIpc) is 3.37. The number of carbonyl (C=O) groups excluding carboxylic acids is 1. The number of carboxylic acid groups (broad SMARTS) is 2. The van der Waals surface area contributed by atoms with Crippen LogP contribution in [0.3, 0.4) is 0 Å². The molecule has 3 rings (SSSR count). The molecule has 1 aromatic heterocycles. The molecule has 3 N–H and O–H groups in total. The van der Waals surface area contributed by atoms with Gasteiger partial charge < -0.3 is 25.0 Å². The van der Waals surface area contributed by atoms with Crippen LogP contribution in [0.25, 0.3) is 0 Å². The number of carboxylic acids is 2. The van der Waals surface area contributed by atoms with Crippen LogP contribution in [0.5, 0.6) is 0 Å². The number of amides is 1. The Morgan fingerprint density at radius 3 is 2.58 bits per heavy atom. The first-order valence-corrected chi connectivity index (χ1v) is 11.4. The summed E-state index contributed by atoms with van der Waals surface area (Å²) >= 11 is -1.18. The van der Waals surface area contributed by atoms with Crippen LogP contribution < -0.4 is 5.32 Å². The lowest BCUT2D eigenvalue weighted by Gasteiger charge is -2.36. The molecule has 1 aliphatic rings. The van der Waals surface area contributed by atoms with Crippen molar-refractivity contribution < 1.29 is 33.4 Å². The molecule has 11 heteroatoms. The number of aliphatic carboxylic acids is 2. The van der Waals surface area contributed by atoms with Crippen LogP contribution in [0.1, 0.15) is 24.8 Å². The lowest BCUT2D eigenvalue weighted by Crippen LogP contribution is -2.58. The minimum atomic E-state index is -2.51. The van der Waals surface area contributed by atoms with Gasteiger partial charge in [-0.3, -0.25) is 13.8 Å². The largest absolute Gasteiger partial charge is 0.768 e. The number of nitrogens with one attached hydrogen (secondary N) is 1. The second-order valence-corrected chi connectivity index (χ2v) is 9.08. The number of carbonyl (C=O) groups is 3. The van der Waals surface area contributed by atoms with Gasteiger partial charge in [-0.15, -0.1) is 11.3 Å². The number of rotatable bonds is 9. The van der Waals surface area contributed by atoms with Crippen LogP contribution in [0.2, 0.25) is 0 Å². The average molecular weight is 466 g/mol. The van der Waals surface area contributed by atoms with Crippen molar-refractivity contribution in [3.05, 3.63) is 47.3 Å². The van der Waals surface area contributed by atoms with E-state index in [0.29, 0.717) is 17.0 Å². The first-order valence-electron chi connectivity index (χ1n) is 9.48. The standard InChI is InChI=1S/C20H22N2O7S2/c23-17(24)12-20(19(26)27)8-4-9-22(20)18(25)14(21-16-7-3-10-30-16)11-13-5-1-2-6-15(13)31(28)29/h1-3,5-7,10,14,21H,4,8-9,11-12H2,(H,23,24)(H,26,27)(H,28,29)/p-1/t14-,20-/m1/s1. The number of thiophene rings is 1. The highest BCUT2D eigenvalue weighted by Gasteiger charge is 2.52. The Labute approximate surface area is 185 Å². The Hall–Kier alpha value is -2.76. The summed E-state index contributed by atoms with van der Waals surface area (Å²) < 4.78 is 23.2. The van der Waals surface area contributed by atoms with Gasteiger partial charge in [-0.25, -0.2) is 4.79 Å². The summed E-state index contributed by atoms with van der Waals surface area (Å²) in [6, 6.07) is 8.78. The third-order valence-electron chi connectivity index (χ3n) is 5.31. The van der Waals surface area contributed by atoms with Crippen LogP contribution in [0, 0.1) is 0 Å². The molecule has 0 spiro atoms. The van der Waals surface area contributed by atoms with E-state index in [1.54, 1.807) is 35.7 Å². The van der Waals surface area contributed by atoms with E-state index in [2.05, 4.69) is 5.32 Å². The van der Waals surface area contributed by atoms with Gasteiger partial charge in [0.25, 0.3) is 0 Å². The smallest absolute Gasteiger partial charge is 0.330 e. The maximum Gasteiger partial charge on any atom is 0.330 e. The molecule has 1 aliphatic heterocycles. The molecule has 1 saturated heterocycles. The van der Waals surface area contributed by atoms with Gasteiger partial charge in [-0.05, 0) is 53.1 Å². The van der Waals surface area contributed by atoms with E-state index in [1.807, 2.05) is 0 Å². The fourth-order valence-corrected chi connectivity index (χ4v) is 5.13. The number of hydrogen-bond donors (Lipinski definition) is 3. The summed E-state index contributed by atoms with van der Waals surface area (Å²) in [6.45, 7) is 0.107. The Bertz CT molecular complexity index is 995. The minimum Gasteiger partial charge on any atom is -0.768 e. The van der Waals surface area contributed by atoms with Gasteiger partial charge in [0.15, 0.2) is 5.54 Å². The molecular weight excluding hydrogens is 444 g/mol. The van der Waals surface area contributed by atoms with Crippen molar-refractivity contribution in [1.82, 2.24) is 4.90 Å². The van der Waals surface area contributed by atoms with Gasteiger partial charge in [0.2, 0.25) is 5.91 Å². The van der Waals surface area contributed by atoms with E-state index in [0.717, 1.165) is 4.90 Å². The summed E-state index contributed by atoms with van der Waals surface area (Å²) in [5, 5.41) is 24.6. The molecule has 2 aromatic rings. The second-order valence-electron chi connectivity index (χ2n) is 7.22. The molecule has 9 nitrogen and oxygen atoms in total. The topological polar surface area (TPSA) is 147 Å². The number of hydrogen-bond acceptors (Lipinski definition) is 7. The van der Waals surface area contributed by atoms with Gasteiger partial charge in [-0.1, -0.05) is 18.2 Å². The lowest BCUT2D eigenvalue weighted by molar-refractivity contribution is -0.161. The highest BCUT2D eigenvalue weighted by molar-refractivity contribution is 7.79. The van der Waals surface area contributed by atoms with E-state index in [9.17, 15) is 33.4 Å². The number of likely N-dealkylation sites (tertiary alicyclic amines) is 1. The Morgan fingerprint density at radius 2 is 1.97 bits per heavy atom. The van der Waals surface area contributed by atoms with E-state index in [1.165, 1.54) is 17.4 Å². The normalized spacial score (nSPS) is 20.2. The van der Waals surface area contributed by atoms with E-state index < -0.39 is 46.9 Å². The third kappa shape index (κ3) is 4.94. The number of anilines is 1. The number of nitrogens with zero attached hydrogens (tertiary/aromatic N) is 1. The monoisotopic (exact) mass is 465 g/mol. The highest BCUT2D eigenvalue weighted by atomic mass is 32.2. The van der Waals surface area contributed by atoms with Crippen molar-refractivity contribution in [2.45, 2.75) is 42.2 Å². The SMILES string of the molecule is O=C(O)C[C@@]1(C(=O)O)CCCN1C(=O)[C@@H](Cc1ccccc1S(=O)[O-])Nc1cccs1. The molecule has 31 heavy (non-hydrogen) atoms. The fraction of sp³-hybridized carbons (Fsp3) is 0.350. The zero-order valence-corrected chi connectivity index (χ0v) is 18.0.